The largest absolute Gasteiger partial charge is 0.626 e. The number of quaternary nitrogens is 1. The van der Waals surface area contributed by atoms with Crippen molar-refractivity contribution >= 4 is 11.5 Å². The van der Waals surface area contributed by atoms with Gasteiger partial charge in [-0.3, -0.25) is 0 Å². The average Bonchev–Trinajstić information content (AvgIpc) is 3.35. The lowest BCUT2D eigenvalue weighted by atomic mass is 10.3. The molecule has 1 saturated heterocycles. The van der Waals surface area contributed by atoms with Crippen LogP contribution in [-0.2, 0) is 19.4 Å². The quantitative estimate of drug-likeness (QED) is 0.476. The Hall–Kier alpha value is -2.46. The van der Waals surface area contributed by atoms with E-state index in [0.29, 0.717) is 43.4 Å². The number of hydrogen-bond donors (Lipinski definition) is 0. The van der Waals surface area contributed by atoms with E-state index in [2.05, 4.69) is 20.1 Å². The minimum absolute atomic E-state index is 0.326. The normalized spacial score (nSPS) is 16.5. The molecule has 0 unspecified atom stereocenters. The molecule has 1 aliphatic rings. The Morgan fingerprint density at radius 3 is 2.61 bits per heavy atom. The number of hydrogen-bond acceptors (Lipinski definition) is 5. The Bertz CT molecular complexity index is 952. The van der Waals surface area contributed by atoms with Crippen molar-refractivity contribution in [3.8, 4) is 0 Å². The molecule has 1 aliphatic heterocycles. The molecular formula is C18H23F2N7O. The lowest BCUT2D eigenvalue weighted by molar-refractivity contribution is 0.125. The Kier molecular flexibility index (Phi) is 4.84. The van der Waals surface area contributed by atoms with E-state index in [9.17, 15) is 14.0 Å². The van der Waals surface area contributed by atoms with E-state index in [0.717, 1.165) is 29.9 Å². The summed E-state index contributed by atoms with van der Waals surface area (Å²) in [5.74, 6) is 2.13. The molecule has 0 spiro atoms. The number of halogens is 2. The number of rotatable bonds is 6. The van der Waals surface area contributed by atoms with Gasteiger partial charge in [0.15, 0.2) is 11.5 Å². The number of fused-ring (bicyclic) bond motifs is 1. The second-order valence-corrected chi connectivity index (χ2v) is 7.35. The molecule has 0 aromatic carbocycles. The SMILES string of the molecule is Cc1cnc(C)n2nc(CCc3nc([N+]4([O-])CCCC4)cn3CC(F)F)nc12. The molecule has 3 aromatic heterocycles. The number of hydroxylamine groups is 2. The van der Waals surface area contributed by atoms with E-state index in [-0.39, 0.29) is 0 Å². The van der Waals surface area contributed by atoms with E-state index in [1.807, 2.05) is 13.8 Å². The van der Waals surface area contributed by atoms with Crippen molar-refractivity contribution in [2.24, 2.45) is 0 Å². The molecule has 28 heavy (non-hydrogen) atoms. The van der Waals surface area contributed by atoms with Gasteiger partial charge in [0.25, 0.3) is 6.43 Å². The molecule has 0 radical (unpaired) electrons. The van der Waals surface area contributed by atoms with Crippen molar-refractivity contribution in [3.63, 3.8) is 0 Å². The predicted molar refractivity (Wildman–Crippen MR) is 100 cm³/mol. The van der Waals surface area contributed by atoms with Crippen LogP contribution in [0.1, 0.15) is 35.9 Å². The van der Waals surface area contributed by atoms with Crippen LogP contribution in [-0.4, -0.2) is 48.6 Å². The first-order valence-electron chi connectivity index (χ1n) is 9.46. The molecule has 4 rings (SSSR count). The molecule has 0 aliphatic carbocycles. The fourth-order valence-corrected chi connectivity index (χ4v) is 3.68. The third-order valence-electron chi connectivity index (χ3n) is 5.21. The van der Waals surface area contributed by atoms with Crippen molar-refractivity contribution < 1.29 is 8.78 Å². The molecule has 0 saturated carbocycles. The van der Waals surface area contributed by atoms with Crippen molar-refractivity contribution in [1.82, 2.24) is 33.8 Å². The van der Waals surface area contributed by atoms with Crippen LogP contribution in [0.5, 0.6) is 0 Å². The Morgan fingerprint density at radius 2 is 1.93 bits per heavy atom. The van der Waals surface area contributed by atoms with Crippen molar-refractivity contribution in [2.75, 3.05) is 13.1 Å². The van der Waals surface area contributed by atoms with Gasteiger partial charge in [0.1, 0.15) is 11.6 Å². The maximum Gasteiger partial charge on any atom is 0.256 e. The van der Waals surface area contributed by atoms with E-state index in [1.165, 1.54) is 10.8 Å². The summed E-state index contributed by atoms with van der Waals surface area (Å²) in [6, 6.07) is 0. The lowest BCUT2D eigenvalue weighted by Gasteiger charge is -2.35. The summed E-state index contributed by atoms with van der Waals surface area (Å²) in [5, 5.41) is 17.3. The van der Waals surface area contributed by atoms with Crippen LogP contribution >= 0.6 is 0 Å². The molecule has 4 heterocycles. The van der Waals surface area contributed by atoms with Crippen LogP contribution in [0.3, 0.4) is 0 Å². The van der Waals surface area contributed by atoms with Crippen LogP contribution in [0.25, 0.3) is 5.65 Å². The number of imidazole rings is 1. The topological polar surface area (TPSA) is 84.0 Å². The molecule has 0 N–H and O–H groups in total. The highest BCUT2D eigenvalue weighted by Crippen LogP contribution is 2.28. The van der Waals surface area contributed by atoms with Crippen LogP contribution in [0, 0.1) is 19.1 Å². The minimum Gasteiger partial charge on any atom is -0.626 e. The number of aromatic nitrogens is 6. The highest BCUT2D eigenvalue weighted by atomic mass is 19.3. The Labute approximate surface area is 161 Å². The predicted octanol–water partition coefficient (Wildman–Crippen LogP) is 2.59. The smallest absolute Gasteiger partial charge is 0.256 e. The molecule has 0 bridgehead atoms. The average molecular weight is 391 g/mol. The maximum absolute atomic E-state index is 13.0. The highest BCUT2D eigenvalue weighted by Gasteiger charge is 2.29. The van der Waals surface area contributed by atoms with E-state index in [4.69, 9.17) is 0 Å². The van der Waals surface area contributed by atoms with Crippen molar-refractivity contribution in [3.05, 3.63) is 40.6 Å². The molecule has 8 nitrogen and oxygen atoms in total. The van der Waals surface area contributed by atoms with Crippen molar-refractivity contribution in [1.29, 1.82) is 0 Å². The zero-order valence-corrected chi connectivity index (χ0v) is 16.0. The highest BCUT2D eigenvalue weighted by molar-refractivity contribution is 5.45. The maximum atomic E-state index is 13.0. The molecule has 150 valence electrons. The summed E-state index contributed by atoms with van der Waals surface area (Å²) in [5.41, 5.74) is 1.65. The summed E-state index contributed by atoms with van der Waals surface area (Å²) in [6.07, 6.45) is 3.22. The van der Waals surface area contributed by atoms with Crippen LogP contribution in [0.15, 0.2) is 12.4 Å². The Balaban J connectivity index is 1.59. The third kappa shape index (κ3) is 3.49. The summed E-state index contributed by atoms with van der Waals surface area (Å²) >= 11 is 0. The lowest BCUT2D eigenvalue weighted by Crippen LogP contribution is -2.39. The summed E-state index contributed by atoms with van der Waals surface area (Å²) in [6.45, 7) is 4.19. The summed E-state index contributed by atoms with van der Waals surface area (Å²) in [7, 11) is 0. The van der Waals surface area contributed by atoms with Gasteiger partial charge in [0, 0.05) is 37.4 Å². The van der Waals surface area contributed by atoms with Gasteiger partial charge in [0.05, 0.1) is 25.8 Å². The van der Waals surface area contributed by atoms with Gasteiger partial charge in [-0.2, -0.15) is 9.50 Å². The molecule has 10 heteroatoms. The van der Waals surface area contributed by atoms with Crippen LogP contribution in [0.2, 0.25) is 0 Å². The number of aryl methyl sites for hydroxylation is 4. The van der Waals surface area contributed by atoms with Gasteiger partial charge in [-0.15, -0.1) is 5.10 Å². The third-order valence-corrected chi connectivity index (χ3v) is 5.21. The second-order valence-electron chi connectivity index (χ2n) is 7.35. The van der Waals surface area contributed by atoms with Gasteiger partial charge in [-0.05, 0) is 13.8 Å². The first-order chi connectivity index (χ1) is 13.4. The second kappa shape index (κ2) is 7.17. The Morgan fingerprint density at radius 1 is 1.18 bits per heavy atom. The van der Waals surface area contributed by atoms with Gasteiger partial charge in [0.2, 0.25) is 5.82 Å². The zero-order chi connectivity index (χ0) is 19.9. The minimum atomic E-state index is -2.51. The van der Waals surface area contributed by atoms with Gasteiger partial charge < -0.3 is 14.4 Å². The molecule has 1 fully saturated rings. The monoisotopic (exact) mass is 391 g/mol. The molecular weight excluding hydrogens is 368 g/mol. The first-order valence-corrected chi connectivity index (χ1v) is 9.46. The van der Waals surface area contributed by atoms with Gasteiger partial charge >= 0.3 is 0 Å². The molecule has 0 amide bonds. The van der Waals surface area contributed by atoms with E-state index < -0.39 is 17.6 Å². The number of alkyl halides is 2. The zero-order valence-electron chi connectivity index (χ0n) is 16.0. The van der Waals surface area contributed by atoms with Crippen LogP contribution < -0.4 is 4.65 Å². The van der Waals surface area contributed by atoms with Gasteiger partial charge in [-0.25, -0.2) is 18.7 Å². The number of nitrogens with zero attached hydrogens (tertiary/aromatic N) is 7. The van der Waals surface area contributed by atoms with Crippen molar-refractivity contribution in [2.45, 2.75) is 52.5 Å². The molecule has 3 aromatic rings. The summed E-state index contributed by atoms with van der Waals surface area (Å²) in [4.78, 5) is 13.2. The molecule has 0 atom stereocenters. The fourth-order valence-electron chi connectivity index (χ4n) is 3.68. The van der Waals surface area contributed by atoms with E-state index >= 15 is 0 Å². The van der Waals surface area contributed by atoms with E-state index in [1.54, 1.807) is 10.7 Å². The van der Waals surface area contributed by atoms with Gasteiger partial charge in [-0.1, -0.05) is 0 Å². The summed E-state index contributed by atoms with van der Waals surface area (Å²) < 4.78 is 28.6. The fraction of sp³-hybridized carbons (Fsp3) is 0.556. The first kappa shape index (κ1) is 18.9. The van der Waals surface area contributed by atoms with Crippen LogP contribution in [0.4, 0.5) is 14.6 Å². The standard InChI is InChI=1S/C18H23F2N7O/c1-12-9-21-13(2)26-18(12)22-15(24-26)5-6-16-23-17(11-25(16)10-14(19)20)27(28)7-3-4-8-27/h9,11,14H,3-8,10H2,1-2H3.